The highest BCUT2D eigenvalue weighted by Crippen LogP contribution is 2.32. The Hall–Kier alpha value is -2.69. The molecule has 1 aliphatic heterocycles. The van der Waals surface area contributed by atoms with E-state index in [1.807, 2.05) is 6.07 Å². The molecule has 1 atom stereocenters. The first kappa shape index (κ1) is 14.9. The van der Waals surface area contributed by atoms with Gasteiger partial charge in [0.25, 0.3) is 0 Å². The van der Waals surface area contributed by atoms with E-state index in [1.54, 1.807) is 18.5 Å². The van der Waals surface area contributed by atoms with Crippen molar-refractivity contribution in [1.82, 2.24) is 25.2 Å². The Morgan fingerprint density at radius 2 is 2.38 bits per heavy atom. The highest BCUT2D eigenvalue weighted by atomic mass is 16.5. The molecule has 0 aromatic carbocycles. The average Bonchev–Trinajstić information content (AvgIpc) is 2.99. The summed E-state index contributed by atoms with van der Waals surface area (Å²) in [5, 5.41) is 14.3. The molecule has 0 radical (unpaired) electrons. The molecule has 2 N–H and O–H groups in total. The van der Waals surface area contributed by atoms with Crippen LogP contribution in [0.2, 0.25) is 0 Å². The zero-order valence-electron chi connectivity index (χ0n) is 13.4. The molecule has 0 spiro atoms. The van der Waals surface area contributed by atoms with Crippen molar-refractivity contribution in [1.29, 1.82) is 5.26 Å². The van der Waals surface area contributed by atoms with E-state index in [2.05, 4.69) is 38.3 Å². The first-order valence-electron chi connectivity index (χ1n) is 7.96. The summed E-state index contributed by atoms with van der Waals surface area (Å²) in [4.78, 5) is 14.0. The first-order valence-corrected chi connectivity index (χ1v) is 7.96. The number of aromatic nitrogens is 3. The van der Waals surface area contributed by atoms with Gasteiger partial charge in [-0.1, -0.05) is 0 Å². The predicted octanol–water partition coefficient (Wildman–Crippen LogP) is 1.27. The number of pyridine rings is 2. The van der Waals surface area contributed by atoms with Crippen LogP contribution < -0.4 is 10.1 Å². The highest BCUT2D eigenvalue weighted by molar-refractivity contribution is 6.09. The molecule has 7 heteroatoms. The molecule has 122 valence electrons. The quantitative estimate of drug-likeness (QED) is 0.755. The zero-order valence-corrected chi connectivity index (χ0v) is 13.4. The molecular weight excluding hydrogens is 304 g/mol. The van der Waals surface area contributed by atoms with Gasteiger partial charge >= 0.3 is 0 Å². The van der Waals surface area contributed by atoms with Crippen LogP contribution in [0.5, 0.6) is 5.75 Å². The van der Waals surface area contributed by atoms with Crippen LogP contribution in [0.1, 0.15) is 5.69 Å². The van der Waals surface area contributed by atoms with E-state index in [9.17, 15) is 0 Å². The van der Waals surface area contributed by atoms with Crippen molar-refractivity contribution in [3.8, 4) is 11.8 Å². The SMILES string of the molecule is CN1CCNC[C@H]1COc1ccnc2[nH]c3cnc(C#N)cc3c12. The second kappa shape index (κ2) is 6.07. The summed E-state index contributed by atoms with van der Waals surface area (Å²) in [6.45, 7) is 3.55. The maximum absolute atomic E-state index is 9.10. The van der Waals surface area contributed by atoms with Crippen LogP contribution in [0.15, 0.2) is 24.5 Å². The molecular formula is C17H18N6O. The Morgan fingerprint density at radius 1 is 1.46 bits per heavy atom. The number of hydrogen-bond donors (Lipinski definition) is 2. The predicted molar refractivity (Wildman–Crippen MR) is 90.9 cm³/mol. The molecule has 4 rings (SSSR count). The number of aromatic amines is 1. The third-order valence-electron chi connectivity index (χ3n) is 4.53. The Kier molecular flexibility index (Phi) is 3.76. The van der Waals surface area contributed by atoms with E-state index < -0.39 is 0 Å². The van der Waals surface area contributed by atoms with Gasteiger partial charge in [-0.05, 0) is 19.2 Å². The van der Waals surface area contributed by atoms with Gasteiger partial charge in [0.1, 0.15) is 29.8 Å². The van der Waals surface area contributed by atoms with E-state index >= 15 is 0 Å². The number of piperazine rings is 1. The number of likely N-dealkylation sites (N-methyl/N-ethyl adjacent to an activating group) is 1. The van der Waals surface area contributed by atoms with Crippen LogP contribution in [0, 0.1) is 11.3 Å². The van der Waals surface area contributed by atoms with Crippen molar-refractivity contribution in [3.63, 3.8) is 0 Å². The first-order chi connectivity index (χ1) is 11.8. The monoisotopic (exact) mass is 322 g/mol. The minimum atomic E-state index is 0.337. The lowest BCUT2D eigenvalue weighted by atomic mass is 10.2. The Balaban J connectivity index is 1.71. The van der Waals surface area contributed by atoms with Gasteiger partial charge in [0.05, 0.1) is 23.1 Å². The van der Waals surface area contributed by atoms with Crippen LogP contribution >= 0.6 is 0 Å². The molecule has 24 heavy (non-hydrogen) atoms. The third kappa shape index (κ3) is 2.56. The van der Waals surface area contributed by atoms with Crippen LogP contribution in [-0.4, -0.2) is 59.2 Å². The number of nitriles is 1. The Morgan fingerprint density at radius 3 is 3.21 bits per heavy atom. The molecule has 0 aliphatic carbocycles. The second-order valence-electron chi connectivity index (χ2n) is 6.03. The number of fused-ring (bicyclic) bond motifs is 3. The molecule has 3 aromatic rings. The topological polar surface area (TPSA) is 89.9 Å². The van der Waals surface area contributed by atoms with Crippen LogP contribution in [0.25, 0.3) is 21.9 Å². The van der Waals surface area contributed by atoms with E-state index in [0.29, 0.717) is 18.3 Å². The van der Waals surface area contributed by atoms with Crippen molar-refractivity contribution in [2.24, 2.45) is 0 Å². The Bertz CT molecular complexity index is 928. The Labute approximate surface area is 139 Å². The summed E-state index contributed by atoms with van der Waals surface area (Å²) >= 11 is 0. The van der Waals surface area contributed by atoms with E-state index in [4.69, 9.17) is 10.00 Å². The number of H-pyrrole nitrogens is 1. The summed E-state index contributed by atoms with van der Waals surface area (Å²) in [7, 11) is 2.12. The molecule has 0 amide bonds. The van der Waals surface area contributed by atoms with Gasteiger partial charge in [0, 0.05) is 31.2 Å². The summed E-state index contributed by atoms with van der Waals surface area (Å²) in [6.07, 6.45) is 3.40. The standard InChI is InChI=1S/C17H18N6O/c1-23-5-4-19-8-12(23)10-24-15-2-3-20-17-16(15)13-6-11(7-18)21-9-14(13)22-17/h2-3,6,9,12,19H,4-5,8,10H2,1H3,(H,20,22)/t12-/m0/s1. The van der Waals surface area contributed by atoms with Gasteiger partial charge in [-0.2, -0.15) is 5.26 Å². The lowest BCUT2D eigenvalue weighted by molar-refractivity contribution is 0.137. The van der Waals surface area contributed by atoms with Crippen molar-refractivity contribution < 1.29 is 4.74 Å². The largest absolute Gasteiger partial charge is 0.491 e. The summed E-state index contributed by atoms with van der Waals surface area (Å²) < 4.78 is 6.12. The summed E-state index contributed by atoms with van der Waals surface area (Å²) in [6, 6.07) is 6.07. The van der Waals surface area contributed by atoms with Gasteiger partial charge in [-0.25, -0.2) is 9.97 Å². The zero-order chi connectivity index (χ0) is 16.5. The van der Waals surface area contributed by atoms with Crippen molar-refractivity contribution >= 4 is 21.9 Å². The number of ether oxygens (including phenoxy) is 1. The maximum atomic E-state index is 9.10. The van der Waals surface area contributed by atoms with Gasteiger partial charge in [0.2, 0.25) is 0 Å². The van der Waals surface area contributed by atoms with Crippen LogP contribution in [0.4, 0.5) is 0 Å². The lowest BCUT2D eigenvalue weighted by Crippen LogP contribution is -2.51. The molecule has 1 saturated heterocycles. The maximum Gasteiger partial charge on any atom is 0.142 e. The van der Waals surface area contributed by atoms with Gasteiger partial charge < -0.3 is 15.0 Å². The fourth-order valence-electron chi connectivity index (χ4n) is 3.10. The third-order valence-corrected chi connectivity index (χ3v) is 4.53. The van der Waals surface area contributed by atoms with E-state index in [0.717, 1.165) is 47.3 Å². The number of nitrogens with one attached hydrogen (secondary N) is 2. The normalized spacial score (nSPS) is 18.8. The van der Waals surface area contributed by atoms with Gasteiger partial charge in [-0.15, -0.1) is 0 Å². The summed E-state index contributed by atoms with van der Waals surface area (Å²) in [5.74, 6) is 0.778. The van der Waals surface area contributed by atoms with Crippen molar-refractivity contribution in [2.75, 3.05) is 33.3 Å². The number of rotatable bonds is 3. The van der Waals surface area contributed by atoms with Crippen LogP contribution in [0.3, 0.4) is 0 Å². The molecule has 3 aromatic heterocycles. The minimum absolute atomic E-state index is 0.337. The number of nitrogens with zero attached hydrogens (tertiary/aromatic N) is 4. The van der Waals surface area contributed by atoms with Crippen molar-refractivity contribution in [2.45, 2.75) is 6.04 Å². The summed E-state index contributed by atoms with van der Waals surface area (Å²) in [5.41, 5.74) is 1.98. The van der Waals surface area contributed by atoms with Gasteiger partial charge in [-0.3, -0.25) is 4.90 Å². The average molecular weight is 322 g/mol. The molecule has 1 aliphatic rings. The molecule has 7 nitrogen and oxygen atoms in total. The van der Waals surface area contributed by atoms with Crippen molar-refractivity contribution in [3.05, 3.63) is 30.2 Å². The minimum Gasteiger partial charge on any atom is -0.491 e. The second-order valence-corrected chi connectivity index (χ2v) is 6.03. The van der Waals surface area contributed by atoms with Crippen LogP contribution in [-0.2, 0) is 0 Å². The highest BCUT2D eigenvalue weighted by Gasteiger charge is 2.20. The van der Waals surface area contributed by atoms with E-state index in [1.165, 1.54) is 0 Å². The molecule has 4 heterocycles. The smallest absolute Gasteiger partial charge is 0.142 e. The molecule has 0 unspecified atom stereocenters. The molecule has 0 saturated carbocycles. The lowest BCUT2D eigenvalue weighted by Gasteiger charge is -2.32. The fraction of sp³-hybridized carbons (Fsp3) is 0.353. The van der Waals surface area contributed by atoms with Gasteiger partial charge in [0.15, 0.2) is 0 Å². The molecule has 0 bridgehead atoms. The fourth-order valence-corrected chi connectivity index (χ4v) is 3.10. The molecule has 1 fully saturated rings. The number of hydrogen-bond acceptors (Lipinski definition) is 6. The van der Waals surface area contributed by atoms with E-state index in [-0.39, 0.29) is 0 Å².